The van der Waals surface area contributed by atoms with Gasteiger partial charge in [0.1, 0.15) is 5.75 Å². The summed E-state index contributed by atoms with van der Waals surface area (Å²) in [7, 11) is 0. The van der Waals surface area contributed by atoms with E-state index < -0.39 is 0 Å². The zero-order valence-corrected chi connectivity index (χ0v) is 8.90. The lowest BCUT2D eigenvalue weighted by molar-refractivity contribution is 0.275. The molecule has 2 rings (SSSR count). The molecule has 0 bridgehead atoms. The van der Waals surface area contributed by atoms with Crippen molar-refractivity contribution in [3.63, 3.8) is 0 Å². The number of aromatic hydroxyl groups is 1. The number of fused-ring (bicyclic) bond motifs is 1. The number of hydrogen-bond donors (Lipinski definition) is 2. The van der Waals surface area contributed by atoms with Gasteiger partial charge in [-0.15, -0.1) is 22.9 Å². The number of hydrogen-bond acceptors (Lipinski definition) is 3. The van der Waals surface area contributed by atoms with Crippen LogP contribution in [-0.2, 0) is 12.5 Å². The molecule has 0 unspecified atom stereocenters. The lowest BCUT2D eigenvalue weighted by Gasteiger charge is -2.07. The van der Waals surface area contributed by atoms with Crippen LogP contribution >= 0.6 is 22.9 Å². The topological polar surface area (TPSA) is 40.5 Å². The van der Waals surface area contributed by atoms with E-state index in [-0.39, 0.29) is 12.4 Å². The molecule has 0 amide bonds. The van der Waals surface area contributed by atoms with Gasteiger partial charge in [0.15, 0.2) is 0 Å². The third-order valence-electron chi connectivity index (χ3n) is 2.23. The summed E-state index contributed by atoms with van der Waals surface area (Å²) >= 11 is 7.28. The number of halogens is 1. The number of thiophene rings is 1. The maximum Gasteiger partial charge on any atom is 0.130 e. The van der Waals surface area contributed by atoms with Crippen LogP contribution in [-0.4, -0.2) is 10.2 Å². The first-order valence-corrected chi connectivity index (χ1v) is 5.57. The normalized spacial score (nSPS) is 11.0. The molecule has 1 aromatic carbocycles. The van der Waals surface area contributed by atoms with E-state index in [0.29, 0.717) is 11.4 Å². The molecule has 14 heavy (non-hydrogen) atoms. The molecule has 0 fully saturated rings. The molecule has 0 radical (unpaired) electrons. The molecule has 1 heterocycles. The maximum absolute atomic E-state index is 9.84. The van der Waals surface area contributed by atoms with Crippen LogP contribution in [0.15, 0.2) is 17.5 Å². The van der Waals surface area contributed by atoms with Crippen molar-refractivity contribution >= 4 is 33.0 Å². The third-order valence-corrected chi connectivity index (χ3v) is 3.38. The van der Waals surface area contributed by atoms with E-state index in [1.165, 1.54) is 0 Å². The van der Waals surface area contributed by atoms with Crippen LogP contribution in [0.3, 0.4) is 0 Å². The van der Waals surface area contributed by atoms with E-state index in [1.807, 2.05) is 17.5 Å². The van der Waals surface area contributed by atoms with E-state index in [4.69, 9.17) is 16.7 Å². The molecule has 2 nitrogen and oxygen atoms in total. The van der Waals surface area contributed by atoms with Crippen molar-refractivity contribution in [2.24, 2.45) is 0 Å². The number of benzene rings is 1. The van der Waals surface area contributed by atoms with Gasteiger partial charge in [-0.05, 0) is 23.1 Å². The smallest absolute Gasteiger partial charge is 0.130 e. The molecule has 2 aromatic rings. The summed E-state index contributed by atoms with van der Waals surface area (Å²) in [5.74, 6) is 0.457. The summed E-state index contributed by atoms with van der Waals surface area (Å²) in [4.78, 5) is 0. The molecule has 0 spiro atoms. The van der Waals surface area contributed by atoms with Gasteiger partial charge < -0.3 is 10.2 Å². The maximum atomic E-state index is 9.84. The van der Waals surface area contributed by atoms with Crippen LogP contribution in [0.2, 0.25) is 0 Å². The van der Waals surface area contributed by atoms with Crippen molar-refractivity contribution in [2.45, 2.75) is 12.5 Å². The van der Waals surface area contributed by atoms with Gasteiger partial charge >= 0.3 is 0 Å². The quantitative estimate of drug-likeness (QED) is 0.776. The molecule has 1 aromatic heterocycles. The van der Waals surface area contributed by atoms with Crippen molar-refractivity contribution < 1.29 is 10.2 Å². The van der Waals surface area contributed by atoms with Crippen LogP contribution in [0.25, 0.3) is 10.1 Å². The molecule has 0 atom stereocenters. The lowest BCUT2D eigenvalue weighted by atomic mass is 10.1. The zero-order chi connectivity index (χ0) is 10.1. The van der Waals surface area contributed by atoms with Gasteiger partial charge in [-0.3, -0.25) is 0 Å². The summed E-state index contributed by atoms with van der Waals surface area (Å²) < 4.78 is 0.996. The first-order valence-electron chi connectivity index (χ1n) is 4.15. The summed E-state index contributed by atoms with van der Waals surface area (Å²) in [6.07, 6.45) is 0. The third kappa shape index (κ3) is 1.38. The van der Waals surface area contributed by atoms with Crippen LogP contribution in [0.5, 0.6) is 5.75 Å². The number of aliphatic hydroxyl groups is 1. The molecule has 2 N–H and O–H groups in total. The fourth-order valence-corrected chi connectivity index (χ4v) is 2.58. The number of alkyl halides is 1. The molecule has 0 aliphatic carbocycles. The Hall–Kier alpha value is -0.770. The molecular weight excluding hydrogens is 220 g/mol. The summed E-state index contributed by atoms with van der Waals surface area (Å²) in [6, 6.07) is 3.75. The Morgan fingerprint density at radius 2 is 2.21 bits per heavy atom. The van der Waals surface area contributed by atoms with Crippen molar-refractivity contribution in [2.75, 3.05) is 0 Å². The molecule has 0 saturated heterocycles. The van der Waals surface area contributed by atoms with Crippen LogP contribution in [0.1, 0.15) is 11.1 Å². The van der Waals surface area contributed by atoms with Crippen molar-refractivity contribution in [3.8, 4) is 5.75 Å². The zero-order valence-electron chi connectivity index (χ0n) is 7.33. The Morgan fingerprint density at radius 1 is 1.43 bits per heavy atom. The lowest BCUT2D eigenvalue weighted by Crippen LogP contribution is -1.92. The van der Waals surface area contributed by atoms with Crippen LogP contribution in [0.4, 0.5) is 0 Å². The average molecular weight is 229 g/mol. The minimum absolute atomic E-state index is 0.155. The van der Waals surface area contributed by atoms with Gasteiger partial charge in [0.25, 0.3) is 0 Å². The fourth-order valence-electron chi connectivity index (χ4n) is 1.48. The Labute approximate surface area is 90.4 Å². The Balaban J connectivity index is 2.79. The van der Waals surface area contributed by atoms with Gasteiger partial charge in [-0.1, -0.05) is 0 Å². The number of aliphatic hydroxyl groups excluding tert-OH is 1. The fraction of sp³-hybridized carbons (Fsp3) is 0.200. The molecule has 0 aliphatic rings. The number of rotatable bonds is 2. The minimum Gasteiger partial charge on any atom is -0.507 e. The highest BCUT2D eigenvalue weighted by molar-refractivity contribution is 7.17. The van der Waals surface area contributed by atoms with Gasteiger partial charge in [-0.25, -0.2) is 0 Å². The van der Waals surface area contributed by atoms with Crippen molar-refractivity contribution in [3.05, 3.63) is 28.6 Å². The predicted octanol–water partition coefficient (Wildman–Crippen LogP) is 2.84. The highest BCUT2D eigenvalue weighted by atomic mass is 35.5. The van der Waals surface area contributed by atoms with E-state index in [2.05, 4.69) is 0 Å². The van der Waals surface area contributed by atoms with Crippen molar-refractivity contribution in [1.29, 1.82) is 0 Å². The Kier molecular flexibility index (Phi) is 2.63. The van der Waals surface area contributed by atoms with Gasteiger partial charge in [0.2, 0.25) is 0 Å². The summed E-state index contributed by atoms with van der Waals surface area (Å²) in [5.41, 5.74) is 1.33. The highest BCUT2D eigenvalue weighted by Crippen LogP contribution is 2.35. The second-order valence-electron chi connectivity index (χ2n) is 2.99. The van der Waals surface area contributed by atoms with E-state index in [9.17, 15) is 5.11 Å². The highest BCUT2D eigenvalue weighted by Gasteiger charge is 2.11. The van der Waals surface area contributed by atoms with Gasteiger partial charge in [0, 0.05) is 21.5 Å². The van der Waals surface area contributed by atoms with E-state index in [0.717, 1.165) is 15.6 Å². The first-order chi connectivity index (χ1) is 6.77. The van der Waals surface area contributed by atoms with Gasteiger partial charge in [0.05, 0.1) is 6.61 Å². The van der Waals surface area contributed by atoms with E-state index in [1.54, 1.807) is 11.3 Å². The average Bonchev–Trinajstić information content (AvgIpc) is 2.65. The first kappa shape index (κ1) is 9.77. The SMILES string of the molecule is OCc1c(CCl)cc2sccc2c1O. The summed E-state index contributed by atoms with van der Waals surface area (Å²) in [5, 5.41) is 21.6. The second kappa shape index (κ2) is 3.77. The molecule has 4 heteroatoms. The van der Waals surface area contributed by atoms with Gasteiger partial charge in [-0.2, -0.15) is 0 Å². The Bertz CT molecular complexity index is 464. The predicted molar refractivity (Wildman–Crippen MR) is 59.0 cm³/mol. The molecule has 74 valence electrons. The minimum atomic E-state index is -0.181. The largest absolute Gasteiger partial charge is 0.507 e. The van der Waals surface area contributed by atoms with Crippen molar-refractivity contribution in [1.82, 2.24) is 0 Å². The Morgan fingerprint density at radius 3 is 2.86 bits per heavy atom. The summed E-state index contributed by atoms with van der Waals surface area (Å²) in [6.45, 7) is -0.181. The van der Waals surface area contributed by atoms with Crippen LogP contribution < -0.4 is 0 Å². The second-order valence-corrected chi connectivity index (χ2v) is 4.20. The molecular formula is C10H9ClO2S. The van der Waals surface area contributed by atoms with E-state index >= 15 is 0 Å². The molecule has 0 saturated carbocycles. The van der Waals surface area contributed by atoms with Crippen LogP contribution in [0, 0.1) is 0 Å². The number of phenols is 1. The monoisotopic (exact) mass is 228 g/mol. The molecule has 0 aliphatic heterocycles. The standard InChI is InChI=1S/C10H9ClO2S/c11-4-6-3-9-7(1-2-14-9)10(13)8(6)5-12/h1-3,12-13H,4-5H2.